The Labute approximate surface area is 178 Å². The standard InChI is InChI=1S/C22H21ClN2O5/c1-12(21(29)30)24-20(28)17-18(26)16-9-8-15(13-4-6-14(23)7-5-13)25(16)22(19(17)27)10-2-3-11-22/h4-9,12,27H,2-3,10-11H2,1H3,(H,24,28)(H,29,30)/t12-/m0/s1. The molecule has 0 saturated heterocycles. The molecule has 1 spiro atoms. The predicted molar refractivity (Wildman–Crippen MR) is 111 cm³/mol. The van der Waals surface area contributed by atoms with Gasteiger partial charge in [-0.15, -0.1) is 0 Å². The third-order valence-electron chi connectivity index (χ3n) is 5.96. The number of allylic oxidation sites excluding steroid dienone is 1. The van der Waals surface area contributed by atoms with Gasteiger partial charge in [-0.1, -0.05) is 36.6 Å². The number of carbonyl (C=O) groups excluding carboxylic acids is 2. The van der Waals surface area contributed by atoms with Crippen LogP contribution in [0.15, 0.2) is 47.7 Å². The van der Waals surface area contributed by atoms with E-state index in [1.54, 1.807) is 24.3 Å². The molecule has 1 amide bonds. The number of benzene rings is 1. The first-order valence-corrected chi connectivity index (χ1v) is 10.1. The molecule has 30 heavy (non-hydrogen) atoms. The van der Waals surface area contributed by atoms with Gasteiger partial charge in [0.05, 0.1) is 5.69 Å². The van der Waals surface area contributed by atoms with Crippen LogP contribution in [-0.2, 0) is 15.1 Å². The molecule has 2 aliphatic rings. The number of hydrogen-bond acceptors (Lipinski definition) is 4. The van der Waals surface area contributed by atoms with Crippen LogP contribution in [0.2, 0.25) is 5.02 Å². The fourth-order valence-electron chi connectivity index (χ4n) is 4.46. The smallest absolute Gasteiger partial charge is 0.325 e. The predicted octanol–water partition coefficient (Wildman–Crippen LogP) is 3.68. The number of fused-ring (bicyclic) bond motifs is 2. The minimum atomic E-state index is -1.23. The summed E-state index contributed by atoms with van der Waals surface area (Å²) < 4.78 is 1.83. The van der Waals surface area contributed by atoms with Crippen LogP contribution in [-0.4, -0.2) is 38.5 Å². The summed E-state index contributed by atoms with van der Waals surface area (Å²) in [6.45, 7) is 1.30. The van der Waals surface area contributed by atoms with E-state index in [9.17, 15) is 19.5 Å². The third-order valence-corrected chi connectivity index (χ3v) is 6.21. The molecule has 0 radical (unpaired) electrons. The van der Waals surface area contributed by atoms with Crippen molar-refractivity contribution in [1.29, 1.82) is 0 Å². The molecule has 1 atom stereocenters. The molecule has 0 unspecified atom stereocenters. The maximum Gasteiger partial charge on any atom is 0.325 e. The van der Waals surface area contributed by atoms with Crippen molar-refractivity contribution >= 4 is 29.3 Å². The van der Waals surface area contributed by atoms with Crippen molar-refractivity contribution in [3.63, 3.8) is 0 Å². The largest absolute Gasteiger partial charge is 0.509 e. The Morgan fingerprint density at radius 1 is 1.10 bits per heavy atom. The van der Waals surface area contributed by atoms with Crippen molar-refractivity contribution in [3.05, 3.63) is 58.4 Å². The quantitative estimate of drug-likeness (QED) is 0.644. The van der Waals surface area contributed by atoms with Crippen molar-refractivity contribution in [2.75, 3.05) is 0 Å². The Bertz CT molecular complexity index is 1080. The summed E-state index contributed by atoms with van der Waals surface area (Å²) in [5.41, 5.74) is 0.596. The SMILES string of the molecule is C[C@H](NC(=O)C1=C(O)C2(CCCC2)n2c(ccc2-c2ccc(Cl)cc2)C1=O)C(=O)O. The first-order valence-electron chi connectivity index (χ1n) is 9.76. The number of nitrogens with zero attached hydrogens (tertiary/aromatic N) is 1. The van der Waals surface area contributed by atoms with Crippen molar-refractivity contribution in [2.24, 2.45) is 0 Å². The first-order chi connectivity index (χ1) is 14.3. The van der Waals surface area contributed by atoms with Crippen LogP contribution < -0.4 is 5.32 Å². The molecule has 1 fully saturated rings. The van der Waals surface area contributed by atoms with E-state index in [2.05, 4.69) is 5.32 Å². The van der Waals surface area contributed by atoms with Gasteiger partial charge in [0.2, 0.25) is 5.78 Å². The summed E-state index contributed by atoms with van der Waals surface area (Å²) in [6.07, 6.45) is 2.80. The van der Waals surface area contributed by atoms with Gasteiger partial charge in [-0.2, -0.15) is 0 Å². The molecular weight excluding hydrogens is 408 g/mol. The van der Waals surface area contributed by atoms with Crippen LogP contribution in [0.3, 0.4) is 0 Å². The van der Waals surface area contributed by atoms with Crippen molar-refractivity contribution in [1.82, 2.24) is 9.88 Å². The number of aliphatic carboxylic acids is 1. The topological polar surface area (TPSA) is 109 Å². The lowest BCUT2D eigenvalue weighted by molar-refractivity contribution is -0.140. The van der Waals surface area contributed by atoms with Gasteiger partial charge in [0.1, 0.15) is 22.9 Å². The van der Waals surface area contributed by atoms with E-state index < -0.39 is 29.2 Å². The van der Waals surface area contributed by atoms with Crippen LogP contribution in [0.5, 0.6) is 0 Å². The molecule has 1 aliphatic heterocycles. The monoisotopic (exact) mass is 428 g/mol. The summed E-state index contributed by atoms with van der Waals surface area (Å²) >= 11 is 6.01. The van der Waals surface area contributed by atoms with Crippen LogP contribution in [0.25, 0.3) is 11.3 Å². The van der Waals surface area contributed by atoms with Crippen molar-refractivity contribution < 1.29 is 24.6 Å². The van der Waals surface area contributed by atoms with E-state index in [-0.39, 0.29) is 11.3 Å². The second kappa shape index (κ2) is 7.32. The van der Waals surface area contributed by atoms with E-state index >= 15 is 0 Å². The molecule has 1 saturated carbocycles. The lowest BCUT2D eigenvalue weighted by Gasteiger charge is -2.38. The highest BCUT2D eigenvalue weighted by atomic mass is 35.5. The third kappa shape index (κ3) is 3.01. The number of carboxylic acids is 1. The Kier molecular flexibility index (Phi) is 4.94. The van der Waals surface area contributed by atoms with E-state index in [1.807, 2.05) is 16.7 Å². The molecule has 2 heterocycles. The Morgan fingerprint density at radius 3 is 2.30 bits per heavy atom. The minimum Gasteiger partial charge on any atom is -0.509 e. The minimum absolute atomic E-state index is 0.293. The highest BCUT2D eigenvalue weighted by Crippen LogP contribution is 2.49. The number of aromatic nitrogens is 1. The Balaban J connectivity index is 1.86. The van der Waals surface area contributed by atoms with E-state index in [4.69, 9.17) is 16.7 Å². The molecule has 0 bridgehead atoms. The lowest BCUT2D eigenvalue weighted by atomic mass is 9.84. The fraction of sp³-hybridized carbons (Fsp3) is 0.318. The van der Waals surface area contributed by atoms with Gasteiger partial charge in [-0.05, 0) is 49.6 Å². The molecular formula is C22H21ClN2O5. The van der Waals surface area contributed by atoms with Crippen molar-refractivity contribution in [3.8, 4) is 11.3 Å². The second-order valence-electron chi connectivity index (χ2n) is 7.77. The number of hydrogen-bond donors (Lipinski definition) is 3. The van der Waals surface area contributed by atoms with Gasteiger partial charge in [0, 0.05) is 10.7 Å². The summed E-state index contributed by atoms with van der Waals surface area (Å²) in [7, 11) is 0. The lowest BCUT2D eigenvalue weighted by Crippen LogP contribution is -2.46. The van der Waals surface area contributed by atoms with E-state index in [0.717, 1.165) is 24.1 Å². The maximum atomic E-state index is 13.2. The van der Waals surface area contributed by atoms with Gasteiger partial charge < -0.3 is 20.1 Å². The van der Waals surface area contributed by atoms with E-state index in [0.29, 0.717) is 23.6 Å². The maximum absolute atomic E-state index is 13.2. The van der Waals surface area contributed by atoms with Crippen LogP contribution in [0.4, 0.5) is 0 Å². The summed E-state index contributed by atoms with van der Waals surface area (Å²) in [5, 5.41) is 23.2. The number of nitrogens with one attached hydrogen (secondary N) is 1. The van der Waals surface area contributed by atoms with Crippen LogP contribution in [0.1, 0.15) is 43.1 Å². The molecule has 2 aromatic rings. The van der Waals surface area contributed by atoms with Gasteiger partial charge in [0.15, 0.2) is 0 Å². The van der Waals surface area contributed by atoms with Crippen molar-refractivity contribution in [2.45, 2.75) is 44.2 Å². The summed E-state index contributed by atoms with van der Waals surface area (Å²) in [6, 6.07) is 9.45. The molecule has 7 nitrogen and oxygen atoms in total. The molecule has 1 aromatic heterocycles. The number of rotatable bonds is 4. The van der Waals surface area contributed by atoms with Gasteiger partial charge in [0.25, 0.3) is 5.91 Å². The zero-order valence-electron chi connectivity index (χ0n) is 16.3. The summed E-state index contributed by atoms with van der Waals surface area (Å²) in [5.74, 6) is -3.02. The van der Waals surface area contributed by atoms with Gasteiger partial charge in [-0.3, -0.25) is 14.4 Å². The molecule has 1 aliphatic carbocycles. The number of amides is 1. The number of ketones is 1. The highest BCUT2D eigenvalue weighted by Gasteiger charge is 2.50. The number of halogens is 1. The summed E-state index contributed by atoms with van der Waals surface area (Å²) in [4.78, 5) is 37.1. The fourth-order valence-corrected chi connectivity index (χ4v) is 4.58. The zero-order valence-corrected chi connectivity index (χ0v) is 17.1. The second-order valence-corrected chi connectivity index (χ2v) is 8.21. The number of aliphatic hydroxyl groups is 1. The molecule has 3 N–H and O–H groups in total. The number of carbonyl (C=O) groups is 3. The van der Waals surface area contributed by atoms with Gasteiger partial charge >= 0.3 is 5.97 Å². The average Bonchev–Trinajstić information content (AvgIpc) is 3.35. The average molecular weight is 429 g/mol. The molecule has 4 rings (SSSR count). The number of carboxylic acid groups (broad SMARTS) is 1. The van der Waals surface area contributed by atoms with Crippen LogP contribution >= 0.6 is 11.6 Å². The van der Waals surface area contributed by atoms with E-state index in [1.165, 1.54) is 6.92 Å². The first kappa shape index (κ1) is 20.2. The molecule has 156 valence electrons. The molecule has 1 aromatic carbocycles. The van der Waals surface area contributed by atoms with Gasteiger partial charge in [-0.25, -0.2) is 0 Å². The highest BCUT2D eigenvalue weighted by molar-refractivity contribution is 6.30. The Hall–Kier alpha value is -3.06. The van der Waals surface area contributed by atoms with Crippen LogP contribution in [0, 0.1) is 0 Å². The number of Topliss-reactive ketones (excluding diaryl/α,β-unsaturated/α-hetero) is 1. The number of aliphatic hydroxyl groups excluding tert-OH is 1. The zero-order chi connectivity index (χ0) is 21.6. The normalized spacial score (nSPS) is 18.4. The molecule has 8 heteroatoms. The Morgan fingerprint density at radius 2 is 1.70 bits per heavy atom.